The summed E-state index contributed by atoms with van der Waals surface area (Å²) in [6.45, 7) is 0.194. The Morgan fingerprint density at radius 1 is 1.33 bits per heavy atom. The molecule has 1 amide bonds. The van der Waals surface area contributed by atoms with Gasteiger partial charge in [0.15, 0.2) is 0 Å². The van der Waals surface area contributed by atoms with Gasteiger partial charge in [-0.1, -0.05) is 18.2 Å². The number of benzene rings is 1. The van der Waals surface area contributed by atoms with E-state index in [-0.39, 0.29) is 18.3 Å². The predicted octanol–water partition coefficient (Wildman–Crippen LogP) is 3.22. The summed E-state index contributed by atoms with van der Waals surface area (Å²) < 4.78 is 13.3. The van der Waals surface area contributed by atoms with Crippen molar-refractivity contribution < 1.29 is 9.18 Å². The van der Waals surface area contributed by atoms with Gasteiger partial charge in [-0.3, -0.25) is 4.79 Å². The van der Waals surface area contributed by atoms with Gasteiger partial charge in [-0.05, 0) is 34.5 Å². The Morgan fingerprint density at radius 2 is 2.17 bits per heavy atom. The normalized spacial score (nSPS) is 10.7. The Labute approximate surface area is 109 Å². The molecule has 0 fully saturated rings. The molecule has 2 aromatic rings. The molecule has 4 heteroatoms. The molecule has 0 aliphatic heterocycles. The quantitative estimate of drug-likeness (QED) is 0.841. The lowest BCUT2D eigenvalue weighted by molar-refractivity contribution is -0.116. The van der Waals surface area contributed by atoms with E-state index < -0.39 is 0 Å². The summed E-state index contributed by atoms with van der Waals surface area (Å²) in [6.07, 6.45) is 3.18. The van der Waals surface area contributed by atoms with E-state index in [0.717, 1.165) is 5.56 Å². The lowest BCUT2D eigenvalue weighted by Crippen LogP contribution is -2.20. The van der Waals surface area contributed by atoms with Crippen LogP contribution in [0.5, 0.6) is 0 Å². The predicted molar refractivity (Wildman–Crippen MR) is 71.6 cm³/mol. The fourth-order valence-electron chi connectivity index (χ4n) is 1.42. The second kappa shape index (κ2) is 6.12. The van der Waals surface area contributed by atoms with Gasteiger partial charge in [-0.2, -0.15) is 11.3 Å². The Kier molecular flexibility index (Phi) is 4.25. The van der Waals surface area contributed by atoms with Crippen LogP contribution in [0.25, 0.3) is 6.08 Å². The molecule has 2 nitrogen and oxygen atoms in total. The topological polar surface area (TPSA) is 29.1 Å². The standard InChI is InChI=1S/C14H12FNOS/c15-13-4-2-1-3-12(13)9-16-14(17)6-5-11-7-8-18-10-11/h1-8,10H,9H2,(H,16,17)/b6-5+. The van der Waals surface area contributed by atoms with E-state index >= 15 is 0 Å². The number of nitrogens with one attached hydrogen (secondary N) is 1. The molecule has 92 valence electrons. The van der Waals surface area contributed by atoms with Crippen molar-refractivity contribution in [1.29, 1.82) is 0 Å². The maximum Gasteiger partial charge on any atom is 0.244 e. The van der Waals surface area contributed by atoms with Crippen LogP contribution in [0.2, 0.25) is 0 Å². The van der Waals surface area contributed by atoms with E-state index in [1.807, 2.05) is 16.8 Å². The summed E-state index contributed by atoms with van der Waals surface area (Å²) in [6, 6.07) is 8.31. The summed E-state index contributed by atoms with van der Waals surface area (Å²) in [7, 11) is 0. The molecule has 1 aromatic heterocycles. The van der Waals surface area contributed by atoms with E-state index in [9.17, 15) is 9.18 Å². The lowest BCUT2D eigenvalue weighted by atomic mass is 10.2. The first kappa shape index (κ1) is 12.5. The third kappa shape index (κ3) is 3.53. The van der Waals surface area contributed by atoms with Gasteiger partial charge in [-0.25, -0.2) is 4.39 Å². The van der Waals surface area contributed by atoms with E-state index in [4.69, 9.17) is 0 Å². The molecule has 2 rings (SSSR count). The Hall–Kier alpha value is -1.94. The van der Waals surface area contributed by atoms with Gasteiger partial charge in [0.25, 0.3) is 0 Å². The summed E-state index contributed by atoms with van der Waals surface area (Å²) in [5, 5.41) is 6.53. The molecule has 0 aliphatic carbocycles. The fourth-order valence-corrected chi connectivity index (χ4v) is 2.05. The van der Waals surface area contributed by atoms with E-state index in [1.54, 1.807) is 35.6 Å². The van der Waals surface area contributed by atoms with Gasteiger partial charge in [0.1, 0.15) is 5.82 Å². The van der Waals surface area contributed by atoms with Crippen LogP contribution < -0.4 is 5.32 Å². The molecule has 18 heavy (non-hydrogen) atoms. The number of rotatable bonds is 4. The highest BCUT2D eigenvalue weighted by molar-refractivity contribution is 7.08. The average Bonchev–Trinajstić information content (AvgIpc) is 2.88. The molecular formula is C14H12FNOS. The molecule has 1 N–H and O–H groups in total. The van der Waals surface area contributed by atoms with Crippen molar-refractivity contribution in [3.63, 3.8) is 0 Å². The van der Waals surface area contributed by atoms with Gasteiger partial charge in [-0.15, -0.1) is 0 Å². The number of carbonyl (C=O) groups is 1. The minimum atomic E-state index is -0.306. The number of thiophene rings is 1. The van der Waals surface area contributed by atoms with Crippen LogP contribution in [-0.4, -0.2) is 5.91 Å². The molecule has 0 radical (unpaired) electrons. The highest BCUT2D eigenvalue weighted by Crippen LogP contribution is 2.08. The molecule has 1 heterocycles. The van der Waals surface area contributed by atoms with E-state index in [1.165, 1.54) is 12.1 Å². The maximum absolute atomic E-state index is 13.3. The molecule has 0 bridgehead atoms. The van der Waals surface area contributed by atoms with Crippen molar-refractivity contribution in [2.24, 2.45) is 0 Å². The van der Waals surface area contributed by atoms with Crippen LogP contribution in [-0.2, 0) is 11.3 Å². The van der Waals surface area contributed by atoms with Gasteiger partial charge in [0, 0.05) is 18.2 Å². The number of amides is 1. The minimum absolute atomic E-state index is 0.194. The van der Waals surface area contributed by atoms with Crippen LogP contribution >= 0.6 is 11.3 Å². The first-order valence-electron chi connectivity index (χ1n) is 5.47. The zero-order valence-electron chi connectivity index (χ0n) is 9.60. The molecule has 0 atom stereocenters. The Balaban J connectivity index is 1.87. The van der Waals surface area contributed by atoms with Crippen molar-refractivity contribution in [3.05, 3.63) is 64.1 Å². The molecule has 0 unspecified atom stereocenters. The highest BCUT2D eigenvalue weighted by Gasteiger charge is 2.01. The largest absolute Gasteiger partial charge is 0.348 e. The second-order valence-electron chi connectivity index (χ2n) is 3.70. The zero-order chi connectivity index (χ0) is 12.8. The van der Waals surface area contributed by atoms with Gasteiger partial charge in [0.2, 0.25) is 5.91 Å². The minimum Gasteiger partial charge on any atom is -0.348 e. The first-order valence-corrected chi connectivity index (χ1v) is 6.41. The zero-order valence-corrected chi connectivity index (χ0v) is 10.4. The third-order valence-electron chi connectivity index (χ3n) is 2.38. The van der Waals surface area contributed by atoms with Crippen molar-refractivity contribution in [3.8, 4) is 0 Å². The number of hydrogen-bond donors (Lipinski definition) is 1. The van der Waals surface area contributed by atoms with Crippen LogP contribution in [0.15, 0.2) is 47.2 Å². The van der Waals surface area contributed by atoms with E-state index in [2.05, 4.69) is 5.32 Å². The van der Waals surface area contributed by atoms with Crippen LogP contribution in [0, 0.1) is 5.82 Å². The smallest absolute Gasteiger partial charge is 0.244 e. The third-order valence-corrected chi connectivity index (χ3v) is 3.08. The molecule has 1 aromatic carbocycles. The van der Waals surface area contributed by atoms with Crippen LogP contribution in [0.4, 0.5) is 4.39 Å². The maximum atomic E-state index is 13.3. The average molecular weight is 261 g/mol. The Morgan fingerprint density at radius 3 is 2.89 bits per heavy atom. The molecule has 0 saturated heterocycles. The van der Waals surface area contributed by atoms with Gasteiger partial charge < -0.3 is 5.32 Å². The second-order valence-corrected chi connectivity index (χ2v) is 4.48. The van der Waals surface area contributed by atoms with E-state index in [0.29, 0.717) is 5.56 Å². The SMILES string of the molecule is O=C(/C=C/c1ccsc1)NCc1ccccc1F. The molecule has 0 aliphatic rings. The fraction of sp³-hybridized carbons (Fsp3) is 0.0714. The monoisotopic (exact) mass is 261 g/mol. The molecule has 0 spiro atoms. The Bertz CT molecular complexity index is 549. The first-order chi connectivity index (χ1) is 8.75. The van der Waals surface area contributed by atoms with Crippen LogP contribution in [0.1, 0.15) is 11.1 Å². The summed E-state index contributed by atoms with van der Waals surface area (Å²) in [4.78, 5) is 11.5. The molecule has 0 saturated carbocycles. The van der Waals surface area contributed by atoms with Crippen molar-refractivity contribution in [1.82, 2.24) is 5.32 Å². The number of carbonyl (C=O) groups excluding carboxylic acids is 1. The number of halogens is 1. The van der Waals surface area contributed by atoms with Crippen molar-refractivity contribution in [2.45, 2.75) is 6.54 Å². The van der Waals surface area contributed by atoms with Gasteiger partial charge >= 0.3 is 0 Å². The van der Waals surface area contributed by atoms with Gasteiger partial charge in [0.05, 0.1) is 0 Å². The summed E-state index contributed by atoms with van der Waals surface area (Å²) in [5.74, 6) is -0.538. The summed E-state index contributed by atoms with van der Waals surface area (Å²) >= 11 is 1.57. The highest BCUT2D eigenvalue weighted by atomic mass is 32.1. The van der Waals surface area contributed by atoms with Crippen LogP contribution in [0.3, 0.4) is 0 Å². The van der Waals surface area contributed by atoms with Crippen molar-refractivity contribution in [2.75, 3.05) is 0 Å². The summed E-state index contributed by atoms with van der Waals surface area (Å²) in [5.41, 5.74) is 1.47. The van der Waals surface area contributed by atoms with Crippen molar-refractivity contribution >= 4 is 23.3 Å². The molecular weight excluding hydrogens is 249 g/mol. The lowest BCUT2D eigenvalue weighted by Gasteiger charge is -2.03. The number of hydrogen-bond acceptors (Lipinski definition) is 2.